The molecule has 0 saturated heterocycles. The van der Waals surface area contributed by atoms with Gasteiger partial charge in [0, 0.05) is 24.3 Å². The molecule has 3 nitrogen and oxygen atoms in total. The summed E-state index contributed by atoms with van der Waals surface area (Å²) < 4.78 is 13.0. The number of carbonyl (C=O) groups is 1. The van der Waals surface area contributed by atoms with Gasteiger partial charge in [0.15, 0.2) is 0 Å². The Kier molecular flexibility index (Phi) is 4.93. The third kappa shape index (κ3) is 4.91. The third-order valence-corrected chi connectivity index (χ3v) is 3.01. The van der Waals surface area contributed by atoms with Crippen LogP contribution in [-0.2, 0) is 4.79 Å². The highest BCUT2D eigenvalue weighted by Crippen LogP contribution is 2.14. The van der Waals surface area contributed by atoms with E-state index in [0.29, 0.717) is 18.7 Å². The zero-order chi connectivity index (χ0) is 15.2. The first kappa shape index (κ1) is 15.0. The number of aryl methyl sites for hydroxylation is 2. The normalized spacial score (nSPS) is 10.2. The lowest BCUT2D eigenvalue weighted by molar-refractivity contribution is -0.115. The van der Waals surface area contributed by atoms with Crippen LogP contribution in [0.4, 0.5) is 15.8 Å². The molecular weight excluding hydrogens is 267 g/mol. The Morgan fingerprint density at radius 3 is 2.43 bits per heavy atom. The predicted molar refractivity (Wildman–Crippen MR) is 84.1 cm³/mol. The standard InChI is InChI=1S/C17H19FN2O/c1-12-8-13(2)10-16(9-12)20-17(21)6-7-19-15-5-3-4-14(18)11-15/h3-5,8-11,19H,6-7H2,1-2H3,(H,20,21). The lowest BCUT2D eigenvalue weighted by Gasteiger charge is -2.09. The van der Waals surface area contributed by atoms with E-state index in [9.17, 15) is 9.18 Å². The summed E-state index contributed by atoms with van der Waals surface area (Å²) in [6.07, 6.45) is 0.323. The van der Waals surface area contributed by atoms with Crippen LogP contribution in [-0.4, -0.2) is 12.5 Å². The summed E-state index contributed by atoms with van der Waals surface area (Å²) in [4.78, 5) is 11.9. The number of hydrogen-bond donors (Lipinski definition) is 2. The van der Waals surface area contributed by atoms with Gasteiger partial charge in [0.2, 0.25) is 5.91 Å². The van der Waals surface area contributed by atoms with Crippen LogP contribution in [0.2, 0.25) is 0 Å². The Labute approximate surface area is 124 Å². The first-order chi connectivity index (χ1) is 10.0. The molecule has 0 atom stereocenters. The van der Waals surface area contributed by atoms with E-state index in [2.05, 4.69) is 16.7 Å². The van der Waals surface area contributed by atoms with Crippen LogP contribution in [0.3, 0.4) is 0 Å². The molecule has 0 aromatic heterocycles. The molecule has 0 fully saturated rings. The number of hydrogen-bond acceptors (Lipinski definition) is 2. The van der Waals surface area contributed by atoms with E-state index in [1.54, 1.807) is 12.1 Å². The van der Waals surface area contributed by atoms with Gasteiger partial charge < -0.3 is 10.6 Å². The molecular formula is C17H19FN2O. The molecule has 0 spiro atoms. The summed E-state index contributed by atoms with van der Waals surface area (Å²) >= 11 is 0. The van der Waals surface area contributed by atoms with Crippen molar-refractivity contribution < 1.29 is 9.18 Å². The highest BCUT2D eigenvalue weighted by molar-refractivity contribution is 5.91. The fraction of sp³-hybridized carbons (Fsp3) is 0.235. The zero-order valence-corrected chi connectivity index (χ0v) is 12.2. The van der Waals surface area contributed by atoms with Crippen molar-refractivity contribution in [3.05, 3.63) is 59.4 Å². The Hall–Kier alpha value is -2.36. The quantitative estimate of drug-likeness (QED) is 0.875. The molecule has 2 rings (SSSR count). The number of halogens is 1. The minimum Gasteiger partial charge on any atom is -0.384 e. The van der Waals surface area contributed by atoms with Crippen LogP contribution in [0.25, 0.3) is 0 Å². The van der Waals surface area contributed by atoms with Gasteiger partial charge in [0.05, 0.1) is 0 Å². The molecule has 0 aliphatic rings. The van der Waals surface area contributed by atoms with Crippen LogP contribution < -0.4 is 10.6 Å². The van der Waals surface area contributed by atoms with E-state index in [1.165, 1.54) is 12.1 Å². The zero-order valence-electron chi connectivity index (χ0n) is 12.2. The van der Waals surface area contributed by atoms with Crippen molar-refractivity contribution in [2.24, 2.45) is 0 Å². The number of anilines is 2. The summed E-state index contributed by atoms with van der Waals surface area (Å²) in [5.41, 5.74) is 3.71. The number of nitrogens with one attached hydrogen (secondary N) is 2. The molecule has 2 aromatic rings. The van der Waals surface area contributed by atoms with Gasteiger partial charge in [-0.25, -0.2) is 4.39 Å². The molecule has 2 N–H and O–H groups in total. The monoisotopic (exact) mass is 286 g/mol. The predicted octanol–water partition coefficient (Wildman–Crippen LogP) is 3.88. The van der Waals surface area contributed by atoms with Gasteiger partial charge in [-0.05, 0) is 55.3 Å². The Bertz CT molecular complexity index is 620. The Morgan fingerprint density at radius 2 is 1.76 bits per heavy atom. The van der Waals surface area contributed by atoms with Crippen molar-refractivity contribution in [3.63, 3.8) is 0 Å². The molecule has 0 aliphatic heterocycles. The molecule has 110 valence electrons. The van der Waals surface area contributed by atoms with Gasteiger partial charge in [-0.2, -0.15) is 0 Å². The van der Waals surface area contributed by atoms with E-state index in [-0.39, 0.29) is 11.7 Å². The van der Waals surface area contributed by atoms with Gasteiger partial charge in [0.1, 0.15) is 5.82 Å². The van der Waals surface area contributed by atoms with Crippen LogP contribution in [0.5, 0.6) is 0 Å². The fourth-order valence-electron chi connectivity index (χ4n) is 2.19. The molecule has 0 aliphatic carbocycles. The average Bonchev–Trinajstić information content (AvgIpc) is 2.37. The minimum atomic E-state index is -0.292. The van der Waals surface area contributed by atoms with E-state index in [1.807, 2.05) is 26.0 Å². The summed E-state index contributed by atoms with van der Waals surface area (Å²) in [5.74, 6) is -0.358. The number of amides is 1. The van der Waals surface area contributed by atoms with Crippen LogP contribution in [0, 0.1) is 19.7 Å². The van der Waals surface area contributed by atoms with Gasteiger partial charge in [-0.3, -0.25) is 4.79 Å². The lowest BCUT2D eigenvalue weighted by Crippen LogP contribution is -2.16. The van der Waals surface area contributed by atoms with E-state index >= 15 is 0 Å². The Morgan fingerprint density at radius 1 is 1.05 bits per heavy atom. The second-order valence-electron chi connectivity index (χ2n) is 5.11. The van der Waals surface area contributed by atoms with Gasteiger partial charge in [-0.15, -0.1) is 0 Å². The highest BCUT2D eigenvalue weighted by Gasteiger charge is 2.03. The van der Waals surface area contributed by atoms with Crippen LogP contribution in [0.1, 0.15) is 17.5 Å². The molecule has 1 amide bonds. The Balaban J connectivity index is 1.82. The first-order valence-electron chi connectivity index (χ1n) is 6.90. The van der Waals surface area contributed by atoms with Gasteiger partial charge in [0.25, 0.3) is 0 Å². The SMILES string of the molecule is Cc1cc(C)cc(NC(=O)CCNc2cccc(F)c2)c1. The van der Waals surface area contributed by atoms with Crippen molar-refractivity contribution in [2.75, 3.05) is 17.2 Å². The molecule has 0 unspecified atom stereocenters. The van der Waals surface area contributed by atoms with Crippen molar-refractivity contribution in [2.45, 2.75) is 20.3 Å². The molecule has 2 aromatic carbocycles. The van der Waals surface area contributed by atoms with Crippen LogP contribution >= 0.6 is 0 Å². The van der Waals surface area contributed by atoms with Crippen LogP contribution in [0.15, 0.2) is 42.5 Å². The minimum absolute atomic E-state index is 0.0658. The van der Waals surface area contributed by atoms with Crippen molar-refractivity contribution in [3.8, 4) is 0 Å². The molecule has 0 radical (unpaired) electrons. The highest BCUT2D eigenvalue weighted by atomic mass is 19.1. The summed E-state index contributed by atoms with van der Waals surface area (Å²) in [6.45, 7) is 4.45. The maximum absolute atomic E-state index is 13.0. The van der Waals surface area contributed by atoms with E-state index < -0.39 is 0 Å². The maximum Gasteiger partial charge on any atom is 0.226 e. The summed E-state index contributed by atoms with van der Waals surface area (Å²) in [6, 6.07) is 12.1. The lowest BCUT2D eigenvalue weighted by atomic mass is 10.1. The van der Waals surface area contributed by atoms with Gasteiger partial charge >= 0.3 is 0 Å². The summed E-state index contributed by atoms with van der Waals surface area (Å²) in [7, 11) is 0. The van der Waals surface area contributed by atoms with E-state index in [4.69, 9.17) is 0 Å². The van der Waals surface area contributed by atoms with Crippen molar-refractivity contribution in [1.29, 1.82) is 0 Å². The second-order valence-corrected chi connectivity index (χ2v) is 5.11. The smallest absolute Gasteiger partial charge is 0.226 e. The first-order valence-corrected chi connectivity index (χ1v) is 6.90. The molecule has 0 saturated carbocycles. The fourth-order valence-corrected chi connectivity index (χ4v) is 2.19. The van der Waals surface area contributed by atoms with Crippen molar-refractivity contribution in [1.82, 2.24) is 0 Å². The number of benzene rings is 2. The molecule has 4 heteroatoms. The number of rotatable bonds is 5. The third-order valence-electron chi connectivity index (χ3n) is 3.01. The largest absolute Gasteiger partial charge is 0.384 e. The van der Waals surface area contributed by atoms with Gasteiger partial charge in [-0.1, -0.05) is 12.1 Å². The summed E-state index contributed by atoms with van der Waals surface area (Å²) in [5, 5.41) is 5.89. The molecule has 0 bridgehead atoms. The topological polar surface area (TPSA) is 41.1 Å². The van der Waals surface area contributed by atoms with Crippen molar-refractivity contribution >= 4 is 17.3 Å². The molecule has 21 heavy (non-hydrogen) atoms. The molecule has 0 heterocycles. The van der Waals surface area contributed by atoms with E-state index in [0.717, 1.165) is 16.8 Å². The maximum atomic E-state index is 13.0. The average molecular weight is 286 g/mol. The number of carbonyl (C=O) groups excluding carboxylic acids is 1. The second kappa shape index (κ2) is 6.88.